The molecule has 0 saturated carbocycles. The van der Waals surface area contributed by atoms with Gasteiger partial charge in [0, 0.05) is 10.7 Å². The number of aromatic nitrogens is 3. The Bertz CT molecular complexity index is 440. The van der Waals surface area contributed by atoms with Gasteiger partial charge in [-0.25, -0.2) is 4.98 Å². The van der Waals surface area contributed by atoms with E-state index in [1.807, 2.05) is 19.1 Å². The Labute approximate surface area is 99.9 Å². The zero-order valence-corrected chi connectivity index (χ0v) is 10.5. The van der Waals surface area contributed by atoms with Crippen LogP contribution in [0.3, 0.4) is 0 Å². The molecule has 4 nitrogen and oxygen atoms in total. The average Bonchev–Trinajstić information content (AvgIpc) is 2.64. The van der Waals surface area contributed by atoms with Crippen LogP contribution in [-0.4, -0.2) is 15.2 Å². The van der Waals surface area contributed by atoms with Gasteiger partial charge < -0.3 is 5.32 Å². The summed E-state index contributed by atoms with van der Waals surface area (Å²) in [4.78, 5) is 4.20. The van der Waals surface area contributed by atoms with Gasteiger partial charge in [0.1, 0.15) is 15.8 Å². The summed E-state index contributed by atoms with van der Waals surface area (Å²) in [5, 5.41) is 13.1. The van der Waals surface area contributed by atoms with Crippen molar-refractivity contribution in [2.45, 2.75) is 13.5 Å². The van der Waals surface area contributed by atoms with Crippen LogP contribution in [0.4, 0.5) is 5.82 Å². The summed E-state index contributed by atoms with van der Waals surface area (Å²) in [6, 6.07) is 3.86. The molecule has 0 aromatic carbocycles. The molecule has 0 unspecified atom stereocenters. The Morgan fingerprint density at radius 1 is 1.40 bits per heavy atom. The molecule has 2 rings (SSSR count). The quantitative estimate of drug-likeness (QED) is 0.941. The summed E-state index contributed by atoms with van der Waals surface area (Å²) in [6.45, 7) is 2.61. The van der Waals surface area contributed by atoms with Crippen LogP contribution in [0.5, 0.6) is 0 Å². The van der Waals surface area contributed by atoms with E-state index < -0.39 is 0 Å². The van der Waals surface area contributed by atoms with Gasteiger partial charge in [0.25, 0.3) is 0 Å². The molecule has 15 heavy (non-hydrogen) atoms. The molecule has 2 heterocycles. The number of anilines is 1. The van der Waals surface area contributed by atoms with Crippen molar-refractivity contribution in [2.24, 2.45) is 0 Å². The van der Waals surface area contributed by atoms with Crippen molar-refractivity contribution < 1.29 is 0 Å². The highest BCUT2D eigenvalue weighted by Gasteiger charge is 2.00. The van der Waals surface area contributed by atoms with Crippen molar-refractivity contribution in [2.75, 3.05) is 5.32 Å². The highest BCUT2D eigenvalue weighted by atomic mass is 79.9. The zero-order valence-electron chi connectivity index (χ0n) is 8.07. The second kappa shape index (κ2) is 4.67. The molecule has 0 aliphatic heterocycles. The standard InChI is InChI=1S/C9H9BrN4S/c1-6-13-14-9(15-6)5-12-8-3-2-7(10)4-11-8/h2-4H,5H2,1H3,(H,11,12). The maximum absolute atomic E-state index is 4.20. The number of pyridine rings is 1. The molecule has 2 aromatic rings. The summed E-state index contributed by atoms with van der Waals surface area (Å²) in [5.41, 5.74) is 0. The number of aryl methyl sites for hydroxylation is 1. The molecular weight excluding hydrogens is 276 g/mol. The second-order valence-electron chi connectivity index (χ2n) is 2.93. The van der Waals surface area contributed by atoms with E-state index in [0.29, 0.717) is 6.54 Å². The van der Waals surface area contributed by atoms with E-state index in [-0.39, 0.29) is 0 Å². The SMILES string of the molecule is Cc1nnc(CNc2ccc(Br)cn2)s1. The first-order valence-electron chi connectivity index (χ1n) is 4.38. The van der Waals surface area contributed by atoms with E-state index in [1.54, 1.807) is 17.5 Å². The Hall–Kier alpha value is -1.01. The van der Waals surface area contributed by atoms with E-state index in [4.69, 9.17) is 0 Å². The number of halogens is 1. The number of hydrogen-bond donors (Lipinski definition) is 1. The lowest BCUT2D eigenvalue weighted by Gasteiger charge is -2.01. The van der Waals surface area contributed by atoms with E-state index in [1.165, 1.54) is 0 Å². The van der Waals surface area contributed by atoms with Gasteiger partial charge in [-0.05, 0) is 35.0 Å². The van der Waals surface area contributed by atoms with Crippen molar-refractivity contribution in [1.82, 2.24) is 15.2 Å². The minimum Gasteiger partial charge on any atom is -0.363 e. The fraction of sp³-hybridized carbons (Fsp3) is 0.222. The summed E-state index contributed by atoms with van der Waals surface area (Å²) in [6.07, 6.45) is 1.76. The van der Waals surface area contributed by atoms with Crippen LogP contribution in [0.25, 0.3) is 0 Å². The van der Waals surface area contributed by atoms with Crippen LogP contribution in [0.15, 0.2) is 22.8 Å². The van der Waals surface area contributed by atoms with Gasteiger partial charge in [-0.1, -0.05) is 11.3 Å². The van der Waals surface area contributed by atoms with Crippen molar-refractivity contribution in [3.05, 3.63) is 32.8 Å². The number of hydrogen-bond acceptors (Lipinski definition) is 5. The lowest BCUT2D eigenvalue weighted by atomic mass is 10.4. The first kappa shape index (κ1) is 10.5. The largest absolute Gasteiger partial charge is 0.363 e. The maximum Gasteiger partial charge on any atom is 0.136 e. The zero-order chi connectivity index (χ0) is 10.7. The molecule has 0 atom stereocenters. The third kappa shape index (κ3) is 2.97. The van der Waals surface area contributed by atoms with Crippen LogP contribution >= 0.6 is 27.3 Å². The van der Waals surface area contributed by atoms with Crippen LogP contribution in [0.2, 0.25) is 0 Å². The molecular formula is C9H9BrN4S. The summed E-state index contributed by atoms with van der Waals surface area (Å²) in [5.74, 6) is 0.839. The van der Waals surface area contributed by atoms with Gasteiger partial charge in [0.15, 0.2) is 0 Å². The topological polar surface area (TPSA) is 50.7 Å². The van der Waals surface area contributed by atoms with Gasteiger partial charge in [-0.3, -0.25) is 0 Å². The molecule has 0 saturated heterocycles. The van der Waals surface area contributed by atoms with Crippen LogP contribution in [0, 0.1) is 6.92 Å². The van der Waals surface area contributed by atoms with Gasteiger partial charge in [-0.15, -0.1) is 10.2 Å². The van der Waals surface area contributed by atoms with Gasteiger partial charge in [-0.2, -0.15) is 0 Å². The fourth-order valence-electron chi connectivity index (χ4n) is 1.06. The van der Waals surface area contributed by atoms with Gasteiger partial charge in [0.2, 0.25) is 0 Å². The fourth-order valence-corrected chi connectivity index (χ4v) is 1.94. The predicted octanol–water partition coefficient (Wildman–Crippen LogP) is 2.62. The molecule has 78 valence electrons. The summed E-state index contributed by atoms with van der Waals surface area (Å²) in [7, 11) is 0. The molecule has 6 heteroatoms. The third-order valence-corrected chi connectivity index (χ3v) is 3.02. The highest BCUT2D eigenvalue weighted by molar-refractivity contribution is 9.10. The van der Waals surface area contributed by atoms with Crippen LogP contribution in [0.1, 0.15) is 10.0 Å². The Balaban J connectivity index is 1.96. The van der Waals surface area contributed by atoms with E-state index >= 15 is 0 Å². The normalized spacial score (nSPS) is 10.3. The molecule has 1 N–H and O–H groups in total. The second-order valence-corrected chi connectivity index (χ2v) is 5.11. The van der Waals surface area contributed by atoms with E-state index in [0.717, 1.165) is 20.3 Å². The number of nitrogens with zero attached hydrogens (tertiary/aromatic N) is 3. The third-order valence-electron chi connectivity index (χ3n) is 1.72. The molecule has 0 amide bonds. The predicted molar refractivity (Wildman–Crippen MR) is 63.9 cm³/mol. The first-order chi connectivity index (χ1) is 7.24. The van der Waals surface area contributed by atoms with Crippen molar-refractivity contribution in [3.63, 3.8) is 0 Å². The smallest absolute Gasteiger partial charge is 0.136 e. The van der Waals surface area contributed by atoms with E-state index in [9.17, 15) is 0 Å². The van der Waals surface area contributed by atoms with Gasteiger partial charge in [0.05, 0.1) is 6.54 Å². The monoisotopic (exact) mass is 284 g/mol. The van der Waals surface area contributed by atoms with Crippen molar-refractivity contribution in [1.29, 1.82) is 0 Å². The molecule has 2 aromatic heterocycles. The minimum absolute atomic E-state index is 0.667. The molecule has 0 radical (unpaired) electrons. The molecule has 0 bridgehead atoms. The minimum atomic E-state index is 0.667. The lowest BCUT2D eigenvalue weighted by Crippen LogP contribution is -2.00. The van der Waals surface area contributed by atoms with Gasteiger partial charge >= 0.3 is 0 Å². The Morgan fingerprint density at radius 2 is 2.27 bits per heavy atom. The number of rotatable bonds is 3. The molecule has 0 fully saturated rings. The highest BCUT2D eigenvalue weighted by Crippen LogP contribution is 2.13. The molecule has 0 spiro atoms. The average molecular weight is 285 g/mol. The molecule has 0 aliphatic rings. The number of nitrogens with one attached hydrogen (secondary N) is 1. The lowest BCUT2D eigenvalue weighted by molar-refractivity contribution is 0.966. The van der Waals surface area contributed by atoms with E-state index in [2.05, 4.69) is 36.4 Å². The van der Waals surface area contributed by atoms with Crippen LogP contribution in [-0.2, 0) is 6.54 Å². The van der Waals surface area contributed by atoms with Crippen molar-refractivity contribution >= 4 is 33.1 Å². The summed E-state index contributed by atoms with van der Waals surface area (Å²) < 4.78 is 0.972. The Kier molecular flexibility index (Phi) is 3.27. The van der Waals surface area contributed by atoms with Crippen LogP contribution < -0.4 is 5.32 Å². The van der Waals surface area contributed by atoms with Crippen molar-refractivity contribution in [3.8, 4) is 0 Å². The maximum atomic E-state index is 4.20. The first-order valence-corrected chi connectivity index (χ1v) is 5.99. The summed E-state index contributed by atoms with van der Waals surface area (Å²) >= 11 is 4.92. The Morgan fingerprint density at radius 3 is 2.87 bits per heavy atom. The molecule has 0 aliphatic carbocycles.